The van der Waals surface area contributed by atoms with E-state index in [1.807, 2.05) is 48.5 Å². The molecule has 0 bridgehead atoms. The van der Waals surface area contributed by atoms with E-state index in [-0.39, 0.29) is 11.9 Å². The summed E-state index contributed by atoms with van der Waals surface area (Å²) >= 11 is 0. The lowest BCUT2D eigenvalue weighted by molar-refractivity contribution is 0.101. The number of aromatic nitrogens is 2. The van der Waals surface area contributed by atoms with Crippen molar-refractivity contribution < 1.29 is 9.53 Å². The summed E-state index contributed by atoms with van der Waals surface area (Å²) in [5.74, 6) is 1.60. The number of nitrogens with one attached hydrogen (secondary N) is 1. The quantitative estimate of drug-likeness (QED) is 0.265. The number of hydrogen-bond donors (Lipinski definition) is 1. The number of benzene rings is 2. The van der Waals surface area contributed by atoms with Gasteiger partial charge in [-0.15, -0.1) is 0 Å². The Bertz CT molecular complexity index is 1190. The predicted octanol–water partition coefficient (Wildman–Crippen LogP) is 5.27. The van der Waals surface area contributed by atoms with Crippen molar-refractivity contribution in [2.75, 3.05) is 38.6 Å². The Kier molecular flexibility index (Phi) is 7.21. The first-order chi connectivity index (χ1) is 17.1. The first kappa shape index (κ1) is 23.6. The van der Waals surface area contributed by atoms with Gasteiger partial charge in [-0.25, -0.2) is 9.97 Å². The van der Waals surface area contributed by atoms with Gasteiger partial charge in [-0.1, -0.05) is 48.9 Å². The van der Waals surface area contributed by atoms with Crippen molar-refractivity contribution in [2.45, 2.75) is 45.1 Å². The van der Waals surface area contributed by atoms with E-state index in [1.54, 1.807) is 14.0 Å². The smallest absolute Gasteiger partial charge is 0.164 e. The lowest BCUT2D eigenvalue weighted by atomic mass is 10.0. The molecule has 1 N–H and O–H groups in total. The summed E-state index contributed by atoms with van der Waals surface area (Å²) in [7, 11) is 1.70. The number of methoxy groups -OCH3 is 1. The van der Waals surface area contributed by atoms with Gasteiger partial charge in [0.1, 0.15) is 11.9 Å². The van der Waals surface area contributed by atoms with Crippen LogP contribution in [0.2, 0.25) is 0 Å². The monoisotopic (exact) mass is 470 g/mol. The van der Waals surface area contributed by atoms with Crippen LogP contribution >= 0.6 is 0 Å². The zero-order valence-electron chi connectivity index (χ0n) is 20.7. The van der Waals surface area contributed by atoms with Gasteiger partial charge in [0.25, 0.3) is 0 Å². The van der Waals surface area contributed by atoms with Crippen molar-refractivity contribution in [1.82, 2.24) is 14.9 Å². The molecule has 1 fully saturated rings. The number of anilines is 1. The second-order valence-electron chi connectivity index (χ2n) is 9.57. The Hall–Kier alpha value is -3.09. The molecule has 1 saturated heterocycles. The fourth-order valence-electron chi connectivity index (χ4n) is 5.28. The minimum atomic E-state index is -0.341. The summed E-state index contributed by atoms with van der Waals surface area (Å²) in [4.78, 5) is 24.5. The van der Waals surface area contributed by atoms with Crippen molar-refractivity contribution in [3.05, 3.63) is 76.7 Å². The summed E-state index contributed by atoms with van der Waals surface area (Å²) in [6.07, 6.45) is 5.40. The van der Waals surface area contributed by atoms with E-state index in [4.69, 9.17) is 14.7 Å². The minimum Gasteiger partial charge on any atom is -0.369 e. The van der Waals surface area contributed by atoms with Gasteiger partial charge in [0.15, 0.2) is 11.6 Å². The summed E-state index contributed by atoms with van der Waals surface area (Å²) in [6.45, 7) is 6.00. The normalized spacial score (nSPS) is 15.9. The zero-order valence-corrected chi connectivity index (χ0v) is 20.7. The molecule has 5 rings (SSSR count). The molecule has 2 heterocycles. The molecule has 1 aliphatic heterocycles. The maximum atomic E-state index is 12.0. The SMILES string of the molecule is COC(c1ccccc1)c1nc2c(c(NCCCN3CCCCC3)n1)-c1ccc(C(C)=O)cc1C2. The van der Waals surface area contributed by atoms with Crippen LogP contribution in [0.15, 0.2) is 48.5 Å². The molecule has 0 saturated carbocycles. The number of piperidine rings is 1. The van der Waals surface area contributed by atoms with Crippen molar-refractivity contribution in [2.24, 2.45) is 0 Å². The molecule has 6 nitrogen and oxygen atoms in total. The predicted molar refractivity (Wildman–Crippen MR) is 139 cm³/mol. The molecule has 182 valence electrons. The number of likely N-dealkylation sites (tertiary alicyclic amines) is 1. The Morgan fingerprint density at radius 2 is 1.89 bits per heavy atom. The van der Waals surface area contributed by atoms with Crippen LogP contribution in [0.25, 0.3) is 11.1 Å². The molecule has 1 aromatic heterocycles. The molecule has 35 heavy (non-hydrogen) atoms. The van der Waals surface area contributed by atoms with Crippen molar-refractivity contribution in [1.29, 1.82) is 0 Å². The van der Waals surface area contributed by atoms with Crippen LogP contribution in [0.3, 0.4) is 0 Å². The minimum absolute atomic E-state index is 0.0788. The van der Waals surface area contributed by atoms with E-state index in [0.29, 0.717) is 12.2 Å². The van der Waals surface area contributed by atoms with Gasteiger partial charge >= 0.3 is 0 Å². The Morgan fingerprint density at radius 3 is 2.63 bits per heavy atom. The van der Waals surface area contributed by atoms with Gasteiger partial charge in [0.05, 0.1) is 5.69 Å². The number of rotatable bonds is 9. The standard InChI is InChI=1S/C29H34N4O2/c1-20(34)22-12-13-24-23(18-22)19-25-26(24)28(30-14-9-17-33-15-7-4-8-16-33)32-29(31-25)27(35-2)21-10-5-3-6-11-21/h3,5-6,10-13,18,27H,4,7-9,14-17,19H2,1-2H3,(H,30,31,32). The van der Waals surface area contributed by atoms with E-state index in [9.17, 15) is 4.79 Å². The third-order valence-electron chi connectivity index (χ3n) is 7.11. The van der Waals surface area contributed by atoms with Gasteiger partial charge in [0.2, 0.25) is 0 Å². The number of fused-ring (bicyclic) bond motifs is 3. The number of Topliss-reactive ketones (excluding diaryl/α,β-unsaturated/α-hetero) is 1. The molecule has 0 radical (unpaired) electrons. The topological polar surface area (TPSA) is 67.3 Å². The number of nitrogens with zero attached hydrogens (tertiary/aromatic N) is 3. The molecule has 2 aromatic carbocycles. The highest BCUT2D eigenvalue weighted by Gasteiger charge is 2.28. The third kappa shape index (κ3) is 5.14. The molecular formula is C29H34N4O2. The first-order valence-electron chi connectivity index (χ1n) is 12.7. The summed E-state index contributed by atoms with van der Waals surface area (Å²) in [6, 6.07) is 16.1. The number of ketones is 1. The Balaban J connectivity index is 1.45. The van der Waals surface area contributed by atoms with Crippen LogP contribution in [-0.4, -0.2) is 53.9 Å². The highest BCUT2D eigenvalue weighted by molar-refractivity contribution is 5.96. The number of ether oxygens (including phenoxy) is 1. The van der Waals surface area contributed by atoms with E-state index in [2.05, 4.69) is 10.2 Å². The third-order valence-corrected chi connectivity index (χ3v) is 7.11. The first-order valence-corrected chi connectivity index (χ1v) is 12.7. The summed E-state index contributed by atoms with van der Waals surface area (Å²) < 4.78 is 5.87. The van der Waals surface area contributed by atoms with Crippen molar-refractivity contribution >= 4 is 11.6 Å². The van der Waals surface area contributed by atoms with Crippen LogP contribution in [0.1, 0.15) is 71.7 Å². The lowest BCUT2D eigenvalue weighted by Crippen LogP contribution is -2.31. The molecule has 6 heteroatoms. The van der Waals surface area contributed by atoms with E-state index >= 15 is 0 Å². The van der Waals surface area contributed by atoms with Crippen LogP contribution in [0, 0.1) is 0 Å². The van der Waals surface area contributed by atoms with E-state index < -0.39 is 0 Å². The molecule has 1 unspecified atom stereocenters. The van der Waals surface area contributed by atoms with Gasteiger partial charge in [-0.05, 0) is 68.6 Å². The van der Waals surface area contributed by atoms with Gasteiger partial charge < -0.3 is 15.0 Å². The highest BCUT2D eigenvalue weighted by atomic mass is 16.5. The largest absolute Gasteiger partial charge is 0.369 e. The molecule has 0 amide bonds. The maximum Gasteiger partial charge on any atom is 0.164 e. The number of hydrogen-bond acceptors (Lipinski definition) is 6. The average molecular weight is 471 g/mol. The summed E-state index contributed by atoms with van der Waals surface area (Å²) in [5, 5.41) is 3.63. The van der Waals surface area contributed by atoms with E-state index in [0.717, 1.165) is 58.8 Å². The molecule has 2 aliphatic rings. The van der Waals surface area contributed by atoms with Crippen LogP contribution in [0.5, 0.6) is 0 Å². The molecular weight excluding hydrogens is 436 g/mol. The molecule has 1 atom stereocenters. The molecule has 0 spiro atoms. The Labute approximate surface area is 207 Å². The average Bonchev–Trinajstić information content (AvgIpc) is 3.26. The van der Waals surface area contributed by atoms with Crippen LogP contribution < -0.4 is 5.32 Å². The van der Waals surface area contributed by atoms with Crippen molar-refractivity contribution in [3.63, 3.8) is 0 Å². The zero-order chi connectivity index (χ0) is 24.2. The lowest BCUT2D eigenvalue weighted by Gasteiger charge is -2.26. The molecule has 3 aromatic rings. The highest BCUT2D eigenvalue weighted by Crippen LogP contribution is 2.41. The number of carbonyl (C=O) groups is 1. The van der Waals surface area contributed by atoms with Crippen LogP contribution in [0.4, 0.5) is 5.82 Å². The fraction of sp³-hybridized carbons (Fsp3) is 0.414. The van der Waals surface area contributed by atoms with Gasteiger partial charge in [-0.2, -0.15) is 0 Å². The Morgan fingerprint density at radius 1 is 1.09 bits per heavy atom. The summed E-state index contributed by atoms with van der Waals surface area (Å²) in [5.41, 5.74) is 6.05. The van der Waals surface area contributed by atoms with Crippen LogP contribution in [-0.2, 0) is 11.2 Å². The molecule has 1 aliphatic carbocycles. The van der Waals surface area contributed by atoms with E-state index in [1.165, 1.54) is 32.4 Å². The van der Waals surface area contributed by atoms with Gasteiger partial charge in [-0.3, -0.25) is 4.79 Å². The second-order valence-corrected chi connectivity index (χ2v) is 9.57. The number of carbonyl (C=O) groups excluding carboxylic acids is 1. The van der Waals surface area contributed by atoms with Gasteiger partial charge in [0, 0.05) is 31.2 Å². The second kappa shape index (κ2) is 10.7. The maximum absolute atomic E-state index is 12.0. The fourth-order valence-corrected chi connectivity index (χ4v) is 5.28. The van der Waals surface area contributed by atoms with Crippen molar-refractivity contribution in [3.8, 4) is 11.1 Å².